The Morgan fingerprint density at radius 2 is 1.94 bits per heavy atom. The molecule has 16 heavy (non-hydrogen) atoms. The molecule has 1 aliphatic rings. The maximum Gasteiger partial charge on any atom is 0.339 e. The highest BCUT2D eigenvalue weighted by Gasteiger charge is 2.32. The summed E-state index contributed by atoms with van der Waals surface area (Å²) in [5, 5.41) is 8.91. The van der Waals surface area contributed by atoms with E-state index in [-0.39, 0.29) is 35.9 Å². The van der Waals surface area contributed by atoms with Gasteiger partial charge in [-0.2, -0.15) is 0 Å². The number of carbonyl (C=O) groups excluding carboxylic acids is 2. The minimum Gasteiger partial charge on any atom is -0.478 e. The zero-order valence-electron chi connectivity index (χ0n) is 8.21. The van der Waals surface area contributed by atoms with Crippen molar-refractivity contribution in [2.24, 2.45) is 0 Å². The molecule has 2 rings (SSSR count). The number of pyridine rings is 1. The Labute approximate surface area is 90.5 Å². The number of carbonyl (C=O) groups is 3. The summed E-state index contributed by atoms with van der Waals surface area (Å²) in [7, 11) is 0. The van der Waals surface area contributed by atoms with Crippen LogP contribution in [0.1, 0.15) is 23.2 Å². The Kier molecular flexibility index (Phi) is 2.40. The number of imide groups is 1. The largest absolute Gasteiger partial charge is 0.478 e. The number of aromatic carboxylic acids is 1. The molecule has 0 aliphatic carbocycles. The van der Waals surface area contributed by atoms with Gasteiger partial charge < -0.3 is 5.11 Å². The maximum atomic E-state index is 11.5. The summed E-state index contributed by atoms with van der Waals surface area (Å²) < 4.78 is 0. The molecule has 82 valence electrons. The van der Waals surface area contributed by atoms with Crippen molar-refractivity contribution in [2.45, 2.75) is 12.8 Å². The molecule has 0 radical (unpaired) electrons. The number of nitrogens with zero attached hydrogens (tertiary/aromatic N) is 2. The predicted octanol–water partition coefficient (Wildman–Crippen LogP) is 0.433. The van der Waals surface area contributed by atoms with Crippen LogP contribution in [0.25, 0.3) is 0 Å². The molecular formula is C10H8N2O4. The number of carboxylic acid groups (broad SMARTS) is 1. The maximum absolute atomic E-state index is 11.5. The zero-order valence-corrected chi connectivity index (χ0v) is 8.21. The van der Waals surface area contributed by atoms with E-state index < -0.39 is 5.97 Å². The molecule has 0 atom stereocenters. The third-order valence-corrected chi connectivity index (χ3v) is 2.32. The summed E-state index contributed by atoms with van der Waals surface area (Å²) in [6, 6.07) is 1.35. The smallest absolute Gasteiger partial charge is 0.339 e. The van der Waals surface area contributed by atoms with Crippen molar-refractivity contribution in [3.8, 4) is 0 Å². The van der Waals surface area contributed by atoms with Crippen molar-refractivity contribution >= 4 is 23.5 Å². The molecule has 2 amide bonds. The molecular weight excluding hydrogens is 212 g/mol. The number of hydrogen-bond acceptors (Lipinski definition) is 4. The molecule has 1 N–H and O–H groups in total. The van der Waals surface area contributed by atoms with Gasteiger partial charge in [0.2, 0.25) is 11.8 Å². The standard InChI is InChI=1S/C10H8N2O4/c13-8-1-2-9(14)12(8)7-3-4-11-5-6(7)10(15)16/h3-5H,1-2H2,(H,15,16). The Balaban J connectivity index is 2.51. The Morgan fingerprint density at radius 3 is 2.50 bits per heavy atom. The Hall–Kier alpha value is -2.24. The van der Waals surface area contributed by atoms with E-state index in [2.05, 4.69) is 4.98 Å². The summed E-state index contributed by atoms with van der Waals surface area (Å²) in [6.07, 6.45) is 2.72. The number of amides is 2. The first kappa shape index (κ1) is 10.3. The Morgan fingerprint density at radius 1 is 1.31 bits per heavy atom. The zero-order chi connectivity index (χ0) is 11.7. The van der Waals surface area contributed by atoms with E-state index >= 15 is 0 Å². The second-order valence-corrected chi connectivity index (χ2v) is 3.32. The SMILES string of the molecule is O=C(O)c1cnccc1N1C(=O)CCC1=O. The van der Waals surface area contributed by atoms with E-state index in [1.165, 1.54) is 12.3 Å². The van der Waals surface area contributed by atoms with Crippen LogP contribution in [-0.4, -0.2) is 27.9 Å². The van der Waals surface area contributed by atoms with Crippen molar-refractivity contribution in [2.75, 3.05) is 4.90 Å². The second kappa shape index (κ2) is 3.73. The van der Waals surface area contributed by atoms with Crippen LogP contribution < -0.4 is 4.90 Å². The van der Waals surface area contributed by atoms with Gasteiger partial charge in [-0.3, -0.25) is 14.6 Å². The highest BCUT2D eigenvalue weighted by Crippen LogP contribution is 2.25. The van der Waals surface area contributed by atoms with E-state index in [4.69, 9.17) is 5.11 Å². The average molecular weight is 220 g/mol. The first-order valence-corrected chi connectivity index (χ1v) is 4.64. The lowest BCUT2D eigenvalue weighted by atomic mass is 10.2. The fourth-order valence-corrected chi connectivity index (χ4v) is 1.59. The van der Waals surface area contributed by atoms with Gasteiger partial charge >= 0.3 is 5.97 Å². The van der Waals surface area contributed by atoms with Crippen LogP contribution in [0.15, 0.2) is 18.5 Å². The van der Waals surface area contributed by atoms with E-state index in [9.17, 15) is 14.4 Å². The van der Waals surface area contributed by atoms with Gasteiger partial charge in [0, 0.05) is 25.2 Å². The molecule has 0 saturated carbocycles. The summed E-state index contributed by atoms with van der Waals surface area (Å²) in [6.45, 7) is 0. The molecule has 1 aromatic heterocycles. The highest BCUT2D eigenvalue weighted by molar-refractivity contribution is 6.21. The minimum absolute atomic E-state index is 0.0926. The number of anilines is 1. The molecule has 0 bridgehead atoms. The third-order valence-electron chi connectivity index (χ3n) is 2.32. The normalized spacial score (nSPS) is 15.6. The molecule has 0 aromatic carbocycles. The molecule has 0 unspecified atom stereocenters. The van der Waals surface area contributed by atoms with Crippen LogP contribution in [0.5, 0.6) is 0 Å². The van der Waals surface area contributed by atoms with Crippen molar-refractivity contribution in [1.29, 1.82) is 0 Å². The predicted molar refractivity (Wildman–Crippen MR) is 52.9 cm³/mol. The first-order chi connectivity index (χ1) is 7.61. The van der Waals surface area contributed by atoms with Gasteiger partial charge in [-0.05, 0) is 6.07 Å². The summed E-state index contributed by atoms with van der Waals surface area (Å²) in [4.78, 5) is 38.4. The number of hydrogen-bond donors (Lipinski definition) is 1. The van der Waals surface area contributed by atoms with Crippen LogP contribution in [-0.2, 0) is 9.59 Å². The molecule has 6 nitrogen and oxygen atoms in total. The molecule has 0 spiro atoms. The lowest BCUT2D eigenvalue weighted by Gasteiger charge is -2.15. The van der Waals surface area contributed by atoms with Crippen molar-refractivity contribution < 1.29 is 19.5 Å². The fourth-order valence-electron chi connectivity index (χ4n) is 1.59. The van der Waals surface area contributed by atoms with Crippen LogP contribution in [0.4, 0.5) is 5.69 Å². The quantitative estimate of drug-likeness (QED) is 0.730. The van der Waals surface area contributed by atoms with Gasteiger partial charge in [-0.15, -0.1) is 0 Å². The topological polar surface area (TPSA) is 87.6 Å². The van der Waals surface area contributed by atoms with Gasteiger partial charge in [0.15, 0.2) is 0 Å². The van der Waals surface area contributed by atoms with Gasteiger partial charge in [-0.1, -0.05) is 0 Å². The summed E-state index contributed by atoms with van der Waals surface area (Å²) >= 11 is 0. The molecule has 6 heteroatoms. The van der Waals surface area contributed by atoms with Crippen molar-refractivity contribution in [3.63, 3.8) is 0 Å². The fraction of sp³-hybridized carbons (Fsp3) is 0.200. The third kappa shape index (κ3) is 1.54. The lowest BCUT2D eigenvalue weighted by Crippen LogP contribution is -2.30. The molecule has 1 aliphatic heterocycles. The summed E-state index contributed by atoms with van der Waals surface area (Å²) in [5.41, 5.74) is -0.0545. The number of aromatic nitrogens is 1. The van der Waals surface area contributed by atoms with Gasteiger partial charge in [0.25, 0.3) is 0 Å². The minimum atomic E-state index is -1.21. The van der Waals surface area contributed by atoms with Gasteiger partial charge in [0.05, 0.1) is 5.69 Å². The van der Waals surface area contributed by atoms with E-state index in [0.717, 1.165) is 11.1 Å². The average Bonchev–Trinajstić information content (AvgIpc) is 2.58. The lowest BCUT2D eigenvalue weighted by molar-refractivity contribution is -0.121. The molecule has 1 aromatic rings. The second-order valence-electron chi connectivity index (χ2n) is 3.32. The number of rotatable bonds is 2. The molecule has 1 saturated heterocycles. The summed E-state index contributed by atoms with van der Waals surface area (Å²) in [5.74, 6) is -1.96. The van der Waals surface area contributed by atoms with Crippen molar-refractivity contribution in [3.05, 3.63) is 24.0 Å². The van der Waals surface area contributed by atoms with E-state index in [1.54, 1.807) is 0 Å². The van der Waals surface area contributed by atoms with Crippen molar-refractivity contribution in [1.82, 2.24) is 4.98 Å². The molecule has 1 fully saturated rings. The van der Waals surface area contributed by atoms with E-state index in [1.807, 2.05) is 0 Å². The van der Waals surface area contributed by atoms with Crippen LogP contribution >= 0.6 is 0 Å². The number of carboxylic acids is 1. The van der Waals surface area contributed by atoms with E-state index in [0.29, 0.717) is 0 Å². The van der Waals surface area contributed by atoms with Crippen LogP contribution in [0, 0.1) is 0 Å². The van der Waals surface area contributed by atoms with Gasteiger partial charge in [-0.25, -0.2) is 9.69 Å². The van der Waals surface area contributed by atoms with Crippen LogP contribution in [0.3, 0.4) is 0 Å². The Bertz CT molecular complexity index is 467. The van der Waals surface area contributed by atoms with Crippen LogP contribution in [0.2, 0.25) is 0 Å². The highest BCUT2D eigenvalue weighted by atomic mass is 16.4. The first-order valence-electron chi connectivity index (χ1n) is 4.64. The molecule has 2 heterocycles. The monoisotopic (exact) mass is 220 g/mol. The van der Waals surface area contributed by atoms with Gasteiger partial charge in [0.1, 0.15) is 5.56 Å².